The summed E-state index contributed by atoms with van der Waals surface area (Å²) in [5, 5.41) is 3.75. The van der Waals surface area contributed by atoms with Crippen LogP contribution in [0.5, 0.6) is 0 Å². The first-order valence-electron chi connectivity index (χ1n) is 6.21. The van der Waals surface area contributed by atoms with E-state index in [0.717, 1.165) is 31.2 Å². The summed E-state index contributed by atoms with van der Waals surface area (Å²) in [6.45, 7) is 4.41. The third-order valence-electron chi connectivity index (χ3n) is 3.80. The number of fused-ring (bicyclic) bond motifs is 1. The van der Waals surface area contributed by atoms with Gasteiger partial charge in [-0.3, -0.25) is 4.79 Å². The lowest BCUT2D eigenvalue weighted by Crippen LogP contribution is -2.28. The Morgan fingerprint density at radius 2 is 2.18 bits per heavy atom. The highest BCUT2D eigenvalue weighted by molar-refractivity contribution is 7.16. The van der Waals surface area contributed by atoms with Crippen molar-refractivity contribution in [3.8, 4) is 0 Å². The molecule has 1 fully saturated rings. The quantitative estimate of drug-likeness (QED) is 0.847. The fourth-order valence-corrected chi connectivity index (χ4v) is 3.90. The van der Waals surface area contributed by atoms with E-state index in [1.807, 2.05) is 0 Å². The second-order valence-corrected chi connectivity index (χ2v) is 6.91. The zero-order chi connectivity index (χ0) is 12.2. The summed E-state index contributed by atoms with van der Waals surface area (Å²) in [4.78, 5) is 13.6. The number of carbonyl (C=O) groups is 1. The van der Waals surface area contributed by atoms with E-state index in [1.54, 1.807) is 11.3 Å². The summed E-state index contributed by atoms with van der Waals surface area (Å²) >= 11 is 1.60. The van der Waals surface area contributed by atoms with E-state index in [9.17, 15) is 4.79 Å². The summed E-state index contributed by atoms with van der Waals surface area (Å²) in [5.74, 6) is 0.0393. The largest absolute Gasteiger partial charge is 0.390 e. The molecule has 1 saturated carbocycles. The number of hydrogen-bond acceptors (Lipinski definition) is 3. The average Bonchev–Trinajstić information content (AvgIpc) is 2.90. The summed E-state index contributed by atoms with van der Waals surface area (Å²) in [6, 6.07) is 0.391. The Kier molecular flexibility index (Phi) is 2.27. The Morgan fingerprint density at radius 1 is 1.47 bits per heavy atom. The Balaban J connectivity index is 2.01. The number of anilines is 1. The minimum Gasteiger partial charge on any atom is -0.390 e. The van der Waals surface area contributed by atoms with Gasteiger partial charge >= 0.3 is 0 Å². The fourth-order valence-electron chi connectivity index (χ4n) is 2.65. The molecule has 0 saturated heterocycles. The van der Waals surface area contributed by atoms with E-state index in [4.69, 9.17) is 5.73 Å². The fraction of sp³-hybridized carbons (Fsp3) is 0.615. The molecule has 0 spiro atoms. The molecule has 0 radical (unpaired) electrons. The molecular weight excluding hydrogens is 232 g/mol. The molecule has 0 aliphatic heterocycles. The van der Waals surface area contributed by atoms with E-state index in [0.29, 0.717) is 11.0 Å². The Hall–Kier alpha value is -1.03. The molecule has 0 unspecified atom stereocenters. The molecule has 17 heavy (non-hydrogen) atoms. The predicted molar refractivity (Wildman–Crippen MR) is 70.6 cm³/mol. The van der Waals surface area contributed by atoms with E-state index in [1.165, 1.54) is 10.4 Å². The predicted octanol–water partition coefficient (Wildman–Crippen LogP) is 2.45. The van der Waals surface area contributed by atoms with Crippen LogP contribution in [-0.4, -0.2) is 11.9 Å². The van der Waals surface area contributed by atoms with E-state index >= 15 is 0 Å². The van der Waals surface area contributed by atoms with Crippen LogP contribution in [0.15, 0.2) is 0 Å². The van der Waals surface area contributed by atoms with Gasteiger partial charge < -0.3 is 11.1 Å². The van der Waals surface area contributed by atoms with Crippen LogP contribution in [0.4, 0.5) is 5.00 Å². The Bertz CT molecular complexity index is 486. The first kappa shape index (κ1) is 11.1. The number of rotatable bonds is 2. The molecule has 3 rings (SSSR count). The maximum Gasteiger partial charge on any atom is 0.254 e. The number of amides is 1. The summed E-state index contributed by atoms with van der Waals surface area (Å²) < 4.78 is 0. The van der Waals surface area contributed by atoms with Gasteiger partial charge in [0, 0.05) is 10.9 Å². The lowest BCUT2D eigenvalue weighted by molar-refractivity contribution is 0.0950. The van der Waals surface area contributed by atoms with Crippen molar-refractivity contribution in [2.75, 3.05) is 5.73 Å². The van der Waals surface area contributed by atoms with E-state index < -0.39 is 0 Å². The van der Waals surface area contributed by atoms with Gasteiger partial charge in [0.15, 0.2) is 0 Å². The second kappa shape index (κ2) is 3.48. The molecule has 0 aromatic carbocycles. The SMILES string of the molecule is CC1(C)CCc2sc(N)c(C(=O)NC3CC3)c21. The highest BCUT2D eigenvalue weighted by atomic mass is 32.1. The van der Waals surface area contributed by atoms with E-state index in [2.05, 4.69) is 19.2 Å². The highest BCUT2D eigenvalue weighted by Gasteiger charge is 2.38. The van der Waals surface area contributed by atoms with Crippen molar-refractivity contribution in [3.63, 3.8) is 0 Å². The zero-order valence-electron chi connectivity index (χ0n) is 10.3. The smallest absolute Gasteiger partial charge is 0.254 e. The van der Waals surface area contributed by atoms with Crippen molar-refractivity contribution in [2.45, 2.75) is 51.0 Å². The van der Waals surface area contributed by atoms with Crippen molar-refractivity contribution in [1.82, 2.24) is 5.32 Å². The van der Waals surface area contributed by atoms with Crippen LogP contribution in [-0.2, 0) is 11.8 Å². The van der Waals surface area contributed by atoms with Crippen molar-refractivity contribution in [3.05, 3.63) is 16.0 Å². The third kappa shape index (κ3) is 1.75. The lowest BCUT2D eigenvalue weighted by Gasteiger charge is -2.20. The standard InChI is InChI=1S/C13H18N2OS/c1-13(2)6-5-8-10(13)9(11(14)17-8)12(16)15-7-3-4-7/h7H,3-6,14H2,1-2H3,(H,15,16). The molecule has 0 bridgehead atoms. The molecule has 0 atom stereocenters. The molecule has 1 aromatic heterocycles. The second-order valence-electron chi connectivity index (χ2n) is 5.77. The molecule has 1 aromatic rings. The average molecular weight is 250 g/mol. The normalized spacial score (nSPS) is 21.3. The first-order valence-corrected chi connectivity index (χ1v) is 7.03. The van der Waals surface area contributed by atoms with Crippen molar-refractivity contribution < 1.29 is 4.79 Å². The minimum absolute atomic E-state index is 0.0393. The number of carbonyl (C=O) groups excluding carboxylic acids is 1. The van der Waals surface area contributed by atoms with E-state index in [-0.39, 0.29) is 11.3 Å². The number of aryl methyl sites for hydroxylation is 1. The van der Waals surface area contributed by atoms with Gasteiger partial charge in [0.1, 0.15) is 0 Å². The van der Waals surface area contributed by atoms with Gasteiger partial charge in [-0.05, 0) is 36.7 Å². The van der Waals surface area contributed by atoms with Gasteiger partial charge in [0.25, 0.3) is 5.91 Å². The summed E-state index contributed by atoms with van der Waals surface area (Å²) in [6.07, 6.45) is 4.41. The van der Waals surface area contributed by atoms with Crippen molar-refractivity contribution in [2.24, 2.45) is 0 Å². The third-order valence-corrected chi connectivity index (χ3v) is 4.88. The molecule has 3 nitrogen and oxygen atoms in total. The van der Waals surface area contributed by atoms with Crippen LogP contribution >= 0.6 is 11.3 Å². The Morgan fingerprint density at radius 3 is 2.82 bits per heavy atom. The molecule has 1 heterocycles. The zero-order valence-corrected chi connectivity index (χ0v) is 11.1. The maximum absolute atomic E-state index is 12.2. The van der Waals surface area contributed by atoms with Gasteiger partial charge in [-0.25, -0.2) is 0 Å². The summed E-state index contributed by atoms with van der Waals surface area (Å²) in [5.41, 5.74) is 8.09. The van der Waals surface area contributed by atoms with Crippen molar-refractivity contribution in [1.29, 1.82) is 0 Å². The number of nitrogens with one attached hydrogen (secondary N) is 1. The lowest BCUT2D eigenvalue weighted by atomic mass is 9.85. The molecular formula is C13H18N2OS. The number of hydrogen-bond donors (Lipinski definition) is 2. The number of nitrogen functional groups attached to an aromatic ring is 1. The van der Waals surface area contributed by atoms with Crippen LogP contribution in [0.2, 0.25) is 0 Å². The van der Waals surface area contributed by atoms with Gasteiger partial charge in [-0.2, -0.15) is 0 Å². The molecule has 92 valence electrons. The van der Waals surface area contributed by atoms with Crippen LogP contribution in [0.25, 0.3) is 0 Å². The summed E-state index contributed by atoms with van der Waals surface area (Å²) in [7, 11) is 0. The van der Waals surface area contributed by atoms with Gasteiger partial charge in [0.05, 0.1) is 10.6 Å². The minimum atomic E-state index is 0.0393. The van der Waals surface area contributed by atoms with Gasteiger partial charge in [0.2, 0.25) is 0 Å². The van der Waals surface area contributed by atoms with Crippen LogP contribution in [0.1, 0.15) is 53.9 Å². The van der Waals surface area contributed by atoms with Crippen LogP contribution in [0, 0.1) is 0 Å². The topological polar surface area (TPSA) is 55.1 Å². The van der Waals surface area contributed by atoms with Gasteiger partial charge in [-0.15, -0.1) is 11.3 Å². The van der Waals surface area contributed by atoms with Crippen molar-refractivity contribution >= 4 is 22.2 Å². The first-order chi connectivity index (χ1) is 7.99. The highest BCUT2D eigenvalue weighted by Crippen LogP contribution is 2.47. The number of thiophene rings is 1. The monoisotopic (exact) mass is 250 g/mol. The van der Waals surface area contributed by atoms with Crippen LogP contribution in [0.3, 0.4) is 0 Å². The molecule has 2 aliphatic carbocycles. The number of nitrogens with two attached hydrogens (primary N) is 1. The maximum atomic E-state index is 12.2. The molecule has 3 N–H and O–H groups in total. The van der Waals surface area contributed by atoms with Crippen LogP contribution < -0.4 is 11.1 Å². The molecule has 4 heteroatoms. The van der Waals surface area contributed by atoms with Gasteiger partial charge in [-0.1, -0.05) is 13.8 Å². The Labute approximate surface area is 105 Å². The molecule has 1 amide bonds. The molecule has 2 aliphatic rings.